The maximum absolute atomic E-state index is 4.77. The first-order valence-electron chi connectivity index (χ1n) is 8.13. The highest BCUT2D eigenvalue weighted by Gasteiger charge is 2.15. The van der Waals surface area contributed by atoms with Gasteiger partial charge in [-0.15, -0.1) is 11.3 Å². The highest BCUT2D eigenvalue weighted by Crippen LogP contribution is 2.25. The Labute approximate surface area is 153 Å². The molecule has 0 radical (unpaired) electrons. The fourth-order valence-electron chi connectivity index (χ4n) is 2.94. The lowest BCUT2D eigenvalue weighted by molar-refractivity contribution is 0.926. The Hall–Kier alpha value is -1.73. The van der Waals surface area contributed by atoms with Crippen molar-refractivity contribution in [1.82, 2.24) is 15.0 Å². The maximum Gasteiger partial charge on any atom is 0.185 e. The molecule has 3 aromatic rings. The van der Waals surface area contributed by atoms with Gasteiger partial charge < -0.3 is 10.2 Å². The third kappa shape index (κ3) is 3.37. The highest BCUT2D eigenvalue weighted by molar-refractivity contribution is 9.10. The first kappa shape index (κ1) is 15.8. The van der Waals surface area contributed by atoms with Crippen LogP contribution in [0.1, 0.15) is 18.5 Å². The van der Waals surface area contributed by atoms with E-state index in [1.54, 1.807) is 17.5 Å². The van der Waals surface area contributed by atoms with E-state index in [1.165, 1.54) is 18.0 Å². The van der Waals surface area contributed by atoms with E-state index in [-0.39, 0.29) is 0 Å². The molecule has 0 spiro atoms. The van der Waals surface area contributed by atoms with Crippen molar-refractivity contribution in [3.63, 3.8) is 0 Å². The average molecular weight is 404 g/mol. The summed E-state index contributed by atoms with van der Waals surface area (Å²) in [6, 6.07) is 3.95. The monoisotopic (exact) mass is 403 g/mol. The number of hydrogen-bond donors (Lipinski definition) is 1. The number of hydrogen-bond acceptors (Lipinski definition) is 6. The minimum Gasteiger partial charge on any atom is -0.383 e. The lowest BCUT2D eigenvalue weighted by atomic mass is 10.2. The minimum absolute atomic E-state index is 0.833. The van der Waals surface area contributed by atoms with Crippen LogP contribution >= 0.6 is 27.3 Å². The minimum atomic E-state index is 0.833. The van der Waals surface area contributed by atoms with Crippen LogP contribution in [0.5, 0.6) is 0 Å². The van der Waals surface area contributed by atoms with Crippen LogP contribution in [0, 0.1) is 0 Å². The van der Waals surface area contributed by atoms with Crippen LogP contribution in [0.3, 0.4) is 0 Å². The van der Waals surface area contributed by atoms with Crippen molar-refractivity contribution in [3.8, 4) is 0 Å². The quantitative estimate of drug-likeness (QED) is 0.694. The van der Waals surface area contributed by atoms with Crippen molar-refractivity contribution in [1.29, 1.82) is 0 Å². The molecule has 0 saturated carbocycles. The van der Waals surface area contributed by atoms with Crippen LogP contribution in [0.4, 0.5) is 10.8 Å². The van der Waals surface area contributed by atoms with Gasteiger partial charge in [0, 0.05) is 48.3 Å². The Balaban J connectivity index is 1.41. The van der Waals surface area contributed by atoms with E-state index in [2.05, 4.69) is 41.5 Å². The van der Waals surface area contributed by atoms with Gasteiger partial charge in [0.25, 0.3) is 0 Å². The smallest absolute Gasteiger partial charge is 0.185 e. The molecule has 5 nitrogen and oxygen atoms in total. The lowest BCUT2D eigenvalue weighted by Crippen LogP contribution is -2.17. The van der Waals surface area contributed by atoms with Crippen LogP contribution < -0.4 is 10.2 Å². The molecule has 1 aliphatic rings. The number of nitrogens with one attached hydrogen (secondary N) is 1. The second-order valence-corrected chi connectivity index (χ2v) is 7.62. The van der Waals surface area contributed by atoms with E-state index in [0.29, 0.717) is 0 Å². The molecule has 0 amide bonds. The summed E-state index contributed by atoms with van der Waals surface area (Å²) in [6.45, 7) is 3.13. The van der Waals surface area contributed by atoms with Crippen LogP contribution in [-0.2, 0) is 6.42 Å². The molecule has 7 heteroatoms. The van der Waals surface area contributed by atoms with Crippen LogP contribution in [0.25, 0.3) is 11.0 Å². The summed E-state index contributed by atoms with van der Waals surface area (Å²) in [7, 11) is 0. The third-order valence-electron chi connectivity index (χ3n) is 4.16. The fourth-order valence-corrected chi connectivity index (χ4v) is 4.17. The van der Waals surface area contributed by atoms with Crippen molar-refractivity contribution in [2.75, 3.05) is 29.9 Å². The molecule has 0 unspecified atom stereocenters. The Bertz CT molecular complexity index is 844. The molecule has 3 aromatic heterocycles. The van der Waals surface area contributed by atoms with Gasteiger partial charge in [0.1, 0.15) is 5.52 Å². The van der Waals surface area contributed by atoms with E-state index in [4.69, 9.17) is 4.98 Å². The number of thiazole rings is 1. The normalized spacial score (nSPS) is 14.5. The molecular weight excluding hydrogens is 386 g/mol. The second kappa shape index (κ2) is 7.03. The summed E-state index contributed by atoms with van der Waals surface area (Å²) in [4.78, 5) is 16.0. The van der Waals surface area contributed by atoms with E-state index in [0.717, 1.165) is 52.9 Å². The van der Waals surface area contributed by atoms with Crippen molar-refractivity contribution >= 4 is 49.1 Å². The zero-order valence-electron chi connectivity index (χ0n) is 13.2. The predicted octanol–water partition coefficient (Wildman–Crippen LogP) is 4.10. The maximum atomic E-state index is 4.77. The molecule has 1 saturated heterocycles. The number of nitrogens with zero attached hydrogens (tertiary/aromatic N) is 4. The SMILES string of the molecule is Brc1cnc2c(NCCc3csc(N4CCCC4)n3)ccnc2c1. The van der Waals surface area contributed by atoms with E-state index < -0.39 is 0 Å². The van der Waals surface area contributed by atoms with E-state index >= 15 is 0 Å². The van der Waals surface area contributed by atoms with Gasteiger partial charge in [0.2, 0.25) is 0 Å². The van der Waals surface area contributed by atoms with Gasteiger partial charge in [0.15, 0.2) is 5.13 Å². The topological polar surface area (TPSA) is 53.9 Å². The van der Waals surface area contributed by atoms with Gasteiger partial charge in [-0.3, -0.25) is 9.97 Å². The van der Waals surface area contributed by atoms with Gasteiger partial charge in [0.05, 0.1) is 16.9 Å². The Kier molecular flexibility index (Phi) is 4.62. The molecule has 1 aliphatic heterocycles. The van der Waals surface area contributed by atoms with Gasteiger partial charge >= 0.3 is 0 Å². The molecule has 24 heavy (non-hydrogen) atoms. The van der Waals surface area contributed by atoms with Crippen molar-refractivity contribution in [2.45, 2.75) is 19.3 Å². The van der Waals surface area contributed by atoms with Crippen molar-refractivity contribution in [2.24, 2.45) is 0 Å². The molecule has 4 heterocycles. The predicted molar refractivity (Wildman–Crippen MR) is 103 cm³/mol. The first-order valence-corrected chi connectivity index (χ1v) is 9.80. The standard InChI is InChI=1S/C17H18BrN5S/c18-12-9-15-16(21-10-12)14(4-6-20-15)19-5-3-13-11-24-17(22-13)23-7-1-2-8-23/h4,6,9-11H,1-3,5,7-8H2,(H,19,20). The molecule has 0 atom stereocenters. The number of aromatic nitrogens is 3. The number of rotatable bonds is 5. The summed E-state index contributed by atoms with van der Waals surface area (Å²) in [6.07, 6.45) is 7.10. The molecule has 4 rings (SSSR count). The Morgan fingerprint density at radius 3 is 3.00 bits per heavy atom. The number of halogens is 1. The fraction of sp³-hybridized carbons (Fsp3) is 0.353. The number of pyridine rings is 2. The summed E-state index contributed by atoms with van der Waals surface area (Å²) >= 11 is 5.19. The van der Waals surface area contributed by atoms with Gasteiger partial charge in [-0.25, -0.2) is 4.98 Å². The van der Waals surface area contributed by atoms with Gasteiger partial charge in [-0.05, 0) is 40.9 Å². The molecule has 0 aliphatic carbocycles. The third-order valence-corrected chi connectivity index (χ3v) is 5.54. The Morgan fingerprint density at radius 1 is 1.25 bits per heavy atom. The molecule has 1 fully saturated rings. The summed E-state index contributed by atoms with van der Waals surface area (Å²) < 4.78 is 0.941. The molecule has 0 bridgehead atoms. The highest BCUT2D eigenvalue weighted by atomic mass is 79.9. The first-order chi connectivity index (χ1) is 11.8. The number of fused-ring (bicyclic) bond motifs is 1. The average Bonchev–Trinajstić information content (AvgIpc) is 3.26. The molecular formula is C17H18BrN5S. The number of anilines is 2. The summed E-state index contributed by atoms with van der Waals surface area (Å²) in [5.41, 5.74) is 3.96. The zero-order chi connectivity index (χ0) is 16.4. The van der Waals surface area contributed by atoms with Crippen molar-refractivity contribution < 1.29 is 0 Å². The second-order valence-electron chi connectivity index (χ2n) is 5.87. The summed E-state index contributed by atoms with van der Waals surface area (Å²) in [5.74, 6) is 0. The zero-order valence-corrected chi connectivity index (χ0v) is 15.6. The summed E-state index contributed by atoms with van der Waals surface area (Å²) in [5, 5.41) is 6.81. The van der Waals surface area contributed by atoms with E-state index in [1.807, 2.05) is 18.3 Å². The lowest BCUT2D eigenvalue weighted by Gasteiger charge is -2.12. The van der Waals surface area contributed by atoms with Crippen molar-refractivity contribution in [3.05, 3.63) is 40.1 Å². The van der Waals surface area contributed by atoms with Crippen LogP contribution in [-0.4, -0.2) is 34.6 Å². The molecule has 124 valence electrons. The van der Waals surface area contributed by atoms with Gasteiger partial charge in [-0.1, -0.05) is 0 Å². The molecule has 1 N–H and O–H groups in total. The Morgan fingerprint density at radius 2 is 2.12 bits per heavy atom. The van der Waals surface area contributed by atoms with E-state index in [9.17, 15) is 0 Å². The largest absolute Gasteiger partial charge is 0.383 e. The van der Waals surface area contributed by atoms with Crippen LogP contribution in [0.15, 0.2) is 34.4 Å². The van der Waals surface area contributed by atoms with Crippen LogP contribution in [0.2, 0.25) is 0 Å². The van der Waals surface area contributed by atoms with Gasteiger partial charge in [-0.2, -0.15) is 0 Å². The molecule has 0 aromatic carbocycles.